The number of benzene rings is 1. The van der Waals surface area contributed by atoms with Gasteiger partial charge >= 0.3 is 6.03 Å². The topological polar surface area (TPSA) is 63.9 Å². The summed E-state index contributed by atoms with van der Waals surface area (Å²) in [5.74, 6) is 2.37. The van der Waals surface area contributed by atoms with Crippen molar-refractivity contribution < 1.29 is 18.7 Å². The van der Waals surface area contributed by atoms with Gasteiger partial charge in [-0.15, -0.1) is 0 Å². The van der Waals surface area contributed by atoms with Gasteiger partial charge in [0.25, 0.3) is 0 Å². The number of ether oxygens (including phenoxy) is 2. The number of nitrogens with one attached hydrogen (secondary N) is 1. The normalized spacial score (nSPS) is 17.4. The van der Waals surface area contributed by atoms with Crippen molar-refractivity contribution in [2.24, 2.45) is 0 Å². The zero-order valence-corrected chi connectivity index (χ0v) is 14.9. The minimum Gasteiger partial charge on any atom is -0.494 e. The molecule has 2 aromatic rings. The van der Waals surface area contributed by atoms with Gasteiger partial charge in [-0.1, -0.05) is 0 Å². The lowest BCUT2D eigenvalue weighted by Crippen LogP contribution is -2.45. The van der Waals surface area contributed by atoms with Crippen LogP contribution in [-0.4, -0.2) is 37.3 Å². The zero-order valence-electron chi connectivity index (χ0n) is 14.9. The molecule has 0 aliphatic carbocycles. The van der Waals surface area contributed by atoms with E-state index < -0.39 is 0 Å². The summed E-state index contributed by atoms with van der Waals surface area (Å²) in [6.45, 7) is 7.87. The largest absolute Gasteiger partial charge is 0.494 e. The van der Waals surface area contributed by atoms with Gasteiger partial charge in [0.15, 0.2) is 0 Å². The van der Waals surface area contributed by atoms with Gasteiger partial charge in [-0.05, 0) is 56.7 Å². The Balaban J connectivity index is 1.74. The summed E-state index contributed by atoms with van der Waals surface area (Å²) >= 11 is 0. The lowest BCUT2D eigenvalue weighted by atomic mass is 10.1. The Bertz CT molecular complexity index is 741. The number of carbonyl (C=O) groups is 1. The summed E-state index contributed by atoms with van der Waals surface area (Å²) in [6.07, 6.45) is 0. The van der Waals surface area contributed by atoms with Crippen molar-refractivity contribution in [3.8, 4) is 5.75 Å². The highest BCUT2D eigenvalue weighted by atomic mass is 16.5. The van der Waals surface area contributed by atoms with Crippen LogP contribution in [-0.2, 0) is 4.74 Å². The molecule has 1 aromatic heterocycles. The molecule has 2 amide bonds. The number of urea groups is 1. The first-order valence-electron chi connectivity index (χ1n) is 8.53. The maximum atomic E-state index is 12.8. The maximum Gasteiger partial charge on any atom is 0.322 e. The van der Waals surface area contributed by atoms with Crippen LogP contribution >= 0.6 is 0 Å². The molecule has 0 radical (unpaired) electrons. The zero-order chi connectivity index (χ0) is 17.8. The second kappa shape index (κ2) is 7.61. The van der Waals surface area contributed by atoms with Crippen LogP contribution < -0.4 is 10.1 Å². The third-order valence-corrected chi connectivity index (χ3v) is 4.23. The van der Waals surface area contributed by atoms with Crippen LogP contribution in [0.3, 0.4) is 0 Å². The van der Waals surface area contributed by atoms with Crippen molar-refractivity contribution >= 4 is 11.7 Å². The molecule has 134 valence electrons. The highest BCUT2D eigenvalue weighted by Crippen LogP contribution is 2.28. The van der Waals surface area contributed by atoms with E-state index in [1.54, 1.807) is 4.90 Å². The second-order valence-corrected chi connectivity index (χ2v) is 6.07. The van der Waals surface area contributed by atoms with Crippen molar-refractivity contribution in [1.29, 1.82) is 0 Å². The number of rotatable bonds is 4. The molecule has 1 atom stereocenters. The first kappa shape index (κ1) is 17.4. The molecule has 1 aliphatic rings. The van der Waals surface area contributed by atoms with E-state index in [1.165, 1.54) is 0 Å². The van der Waals surface area contributed by atoms with Gasteiger partial charge in [0.2, 0.25) is 0 Å². The van der Waals surface area contributed by atoms with Crippen LogP contribution in [0.5, 0.6) is 5.75 Å². The van der Waals surface area contributed by atoms with E-state index in [1.807, 2.05) is 51.1 Å². The Morgan fingerprint density at radius 1 is 1.32 bits per heavy atom. The van der Waals surface area contributed by atoms with Crippen LogP contribution in [0.25, 0.3) is 0 Å². The predicted octanol–water partition coefficient (Wildman–Crippen LogP) is 3.90. The van der Waals surface area contributed by atoms with Crippen molar-refractivity contribution in [1.82, 2.24) is 4.90 Å². The standard InChI is InChI=1S/C19H24N2O4/c1-4-24-15-6-7-16(13(2)11-15)20-19(22)21-9-10-23-12-17(21)18-8-5-14(3)25-18/h5-8,11,17H,4,9-10,12H2,1-3H3,(H,20,22)/t17-/m0/s1. The van der Waals surface area contributed by atoms with Crippen LogP contribution in [0.1, 0.15) is 30.0 Å². The number of aryl methyl sites for hydroxylation is 2. The number of anilines is 1. The highest BCUT2D eigenvalue weighted by Gasteiger charge is 2.31. The van der Waals surface area contributed by atoms with Gasteiger partial charge in [-0.3, -0.25) is 0 Å². The van der Waals surface area contributed by atoms with Crippen LogP contribution in [0.4, 0.5) is 10.5 Å². The Kier molecular flexibility index (Phi) is 5.28. The number of hydrogen-bond donors (Lipinski definition) is 1. The maximum absolute atomic E-state index is 12.8. The summed E-state index contributed by atoms with van der Waals surface area (Å²) in [5.41, 5.74) is 1.73. The van der Waals surface area contributed by atoms with Gasteiger partial charge < -0.3 is 24.1 Å². The Morgan fingerprint density at radius 2 is 2.16 bits per heavy atom. The predicted molar refractivity (Wildman–Crippen MR) is 95.1 cm³/mol. The third-order valence-electron chi connectivity index (χ3n) is 4.23. The SMILES string of the molecule is CCOc1ccc(NC(=O)N2CCOC[C@H]2c2ccc(C)o2)c(C)c1. The molecule has 0 saturated carbocycles. The van der Waals surface area contributed by atoms with E-state index in [2.05, 4.69) is 5.32 Å². The fourth-order valence-corrected chi connectivity index (χ4v) is 2.93. The lowest BCUT2D eigenvalue weighted by Gasteiger charge is -2.34. The van der Waals surface area contributed by atoms with E-state index in [9.17, 15) is 4.79 Å². The number of amides is 2. The minimum absolute atomic E-state index is 0.158. The molecule has 1 saturated heterocycles. The first-order valence-corrected chi connectivity index (χ1v) is 8.53. The Hall–Kier alpha value is -2.47. The quantitative estimate of drug-likeness (QED) is 0.913. The molecular formula is C19H24N2O4. The molecule has 6 nitrogen and oxygen atoms in total. The van der Waals surface area contributed by atoms with Gasteiger partial charge in [0.05, 0.1) is 19.8 Å². The van der Waals surface area contributed by atoms with E-state index >= 15 is 0 Å². The number of morpholine rings is 1. The molecule has 0 spiro atoms. The average Bonchev–Trinajstić information content (AvgIpc) is 3.04. The van der Waals surface area contributed by atoms with E-state index in [0.717, 1.165) is 28.5 Å². The van der Waals surface area contributed by atoms with E-state index in [-0.39, 0.29) is 12.1 Å². The van der Waals surface area contributed by atoms with E-state index in [4.69, 9.17) is 13.9 Å². The van der Waals surface area contributed by atoms with E-state index in [0.29, 0.717) is 26.4 Å². The van der Waals surface area contributed by atoms with Crippen LogP contribution in [0.2, 0.25) is 0 Å². The van der Waals surface area contributed by atoms with Gasteiger partial charge in [0.1, 0.15) is 23.3 Å². The lowest BCUT2D eigenvalue weighted by molar-refractivity contribution is 0.00710. The molecular weight excluding hydrogens is 320 g/mol. The molecule has 1 N–H and O–H groups in total. The van der Waals surface area contributed by atoms with Crippen molar-refractivity contribution in [3.63, 3.8) is 0 Å². The summed E-state index contributed by atoms with van der Waals surface area (Å²) in [4.78, 5) is 14.6. The molecule has 3 rings (SSSR count). The molecule has 25 heavy (non-hydrogen) atoms. The summed E-state index contributed by atoms with van der Waals surface area (Å²) in [7, 11) is 0. The summed E-state index contributed by atoms with van der Waals surface area (Å²) in [6, 6.07) is 9.07. The minimum atomic E-state index is -0.217. The average molecular weight is 344 g/mol. The summed E-state index contributed by atoms with van der Waals surface area (Å²) in [5, 5.41) is 2.99. The van der Waals surface area contributed by atoms with Gasteiger partial charge in [-0.25, -0.2) is 4.79 Å². The third kappa shape index (κ3) is 3.96. The molecule has 0 unspecified atom stereocenters. The van der Waals surface area contributed by atoms with Crippen molar-refractivity contribution in [2.75, 3.05) is 31.7 Å². The number of carbonyl (C=O) groups excluding carboxylic acids is 1. The second-order valence-electron chi connectivity index (χ2n) is 6.07. The molecule has 1 fully saturated rings. The molecule has 2 heterocycles. The Morgan fingerprint density at radius 3 is 2.84 bits per heavy atom. The summed E-state index contributed by atoms with van der Waals surface area (Å²) < 4.78 is 16.7. The number of nitrogens with zero attached hydrogens (tertiary/aromatic N) is 1. The van der Waals surface area contributed by atoms with Crippen LogP contribution in [0, 0.1) is 13.8 Å². The fourth-order valence-electron chi connectivity index (χ4n) is 2.93. The molecule has 1 aromatic carbocycles. The first-order chi connectivity index (χ1) is 12.1. The van der Waals surface area contributed by atoms with Crippen LogP contribution in [0.15, 0.2) is 34.7 Å². The van der Waals surface area contributed by atoms with Gasteiger partial charge in [0, 0.05) is 12.2 Å². The number of furan rings is 1. The van der Waals surface area contributed by atoms with Gasteiger partial charge in [-0.2, -0.15) is 0 Å². The molecule has 1 aliphatic heterocycles. The van der Waals surface area contributed by atoms with Crippen molar-refractivity contribution in [2.45, 2.75) is 26.8 Å². The van der Waals surface area contributed by atoms with Crippen molar-refractivity contribution in [3.05, 3.63) is 47.4 Å². The Labute approximate surface area is 147 Å². The highest BCUT2D eigenvalue weighted by molar-refractivity contribution is 5.90. The number of hydrogen-bond acceptors (Lipinski definition) is 4. The monoisotopic (exact) mass is 344 g/mol. The molecule has 6 heteroatoms. The smallest absolute Gasteiger partial charge is 0.322 e. The fraction of sp³-hybridized carbons (Fsp3) is 0.421. The molecule has 0 bridgehead atoms.